The van der Waals surface area contributed by atoms with Gasteiger partial charge in [-0.3, -0.25) is 5.41 Å². The van der Waals surface area contributed by atoms with Crippen LogP contribution in [0, 0.1) is 10.9 Å². The number of nitrogens with two attached hydrogens (primary N) is 1. The Morgan fingerprint density at radius 2 is 1.46 bits per heavy atom. The number of aromatic nitrogens is 2. The van der Waals surface area contributed by atoms with E-state index in [2.05, 4.69) is 5.11 Å². The molecular weight excluding hydrogens is 348 g/mol. The summed E-state index contributed by atoms with van der Waals surface area (Å²) in [6, 6.07) is 23.2. The van der Waals surface area contributed by atoms with Crippen LogP contribution in [-0.2, 0) is 6.54 Å². The van der Waals surface area contributed by atoms with E-state index in [0.29, 0.717) is 17.6 Å². The summed E-state index contributed by atoms with van der Waals surface area (Å²) in [5.74, 6) is -0.107. The van der Waals surface area contributed by atoms with Crippen molar-refractivity contribution in [3.63, 3.8) is 0 Å². The average Bonchev–Trinajstić information content (AvgIpc) is 2.78. The van der Waals surface area contributed by atoms with E-state index >= 15 is 0 Å². The Hall–Kier alpha value is -3.77. The molecule has 0 aliphatic carbocycles. The number of rotatable bonds is 4. The molecule has 1 heterocycles. The molecule has 4 N–H and O–H groups in total. The van der Waals surface area contributed by atoms with Crippen molar-refractivity contribution in [2.24, 2.45) is 10.8 Å². The first-order valence-corrected chi connectivity index (χ1v) is 8.82. The van der Waals surface area contributed by atoms with Crippen LogP contribution in [0.5, 0.6) is 0 Å². The Labute approximate surface area is 162 Å². The molecule has 0 bridgehead atoms. The number of fused-ring (bicyclic) bond motifs is 1. The fourth-order valence-electron chi connectivity index (χ4n) is 3.06. The van der Waals surface area contributed by atoms with E-state index in [-0.39, 0.29) is 5.84 Å². The molecule has 3 aromatic carbocycles. The molecule has 136 valence electrons. The molecule has 28 heavy (non-hydrogen) atoms. The van der Waals surface area contributed by atoms with Crippen LogP contribution in [0.1, 0.15) is 11.1 Å². The molecule has 0 aliphatic rings. The normalized spacial score (nSPS) is 10.8. The van der Waals surface area contributed by atoms with Gasteiger partial charge in [-0.1, -0.05) is 54.6 Å². The average molecular weight is 366 g/mol. The number of hydrogen-bond acceptors (Lipinski definition) is 5. The largest absolute Gasteiger partial charge is 0.326 e. The summed E-state index contributed by atoms with van der Waals surface area (Å²) >= 11 is 0. The highest BCUT2D eigenvalue weighted by Crippen LogP contribution is 2.31. The van der Waals surface area contributed by atoms with Crippen LogP contribution in [0.25, 0.3) is 33.5 Å². The molecule has 0 aliphatic heterocycles. The van der Waals surface area contributed by atoms with Crippen molar-refractivity contribution in [1.82, 2.24) is 9.97 Å². The maximum atomic E-state index is 7.78. The smallest absolute Gasteiger partial charge is 0.173 e. The first-order valence-electron chi connectivity index (χ1n) is 8.82. The van der Waals surface area contributed by atoms with Gasteiger partial charge in [-0.25, -0.2) is 15.5 Å². The van der Waals surface area contributed by atoms with Gasteiger partial charge in [-0.05, 0) is 23.8 Å². The zero-order valence-corrected chi connectivity index (χ0v) is 15.1. The summed E-state index contributed by atoms with van der Waals surface area (Å²) in [6.45, 7) is 0.483. The lowest BCUT2D eigenvalue weighted by Crippen LogP contribution is -1.99. The molecule has 6 heteroatoms. The van der Waals surface area contributed by atoms with Crippen LogP contribution < -0.4 is 5.73 Å². The third kappa shape index (κ3) is 3.28. The van der Waals surface area contributed by atoms with Crippen molar-refractivity contribution in [2.75, 3.05) is 0 Å². The first-order chi connectivity index (χ1) is 13.7. The Balaban J connectivity index is 1.96. The minimum Gasteiger partial charge on any atom is -0.326 e. The minimum absolute atomic E-state index is 0.107. The maximum absolute atomic E-state index is 7.78. The third-order valence-electron chi connectivity index (χ3n) is 4.56. The minimum atomic E-state index is -0.107. The predicted molar refractivity (Wildman–Crippen MR) is 110 cm³/mol. The first kappa shape index (κ1) is 17.6. The SMILES string of the molecule is N=NC(=N)c1ccc2nc(-c3ccccc3)c(-c3ccc(CN)cc3)nc2c1. The van der Waals surface area contributed by atoms with Crippen molar-refractivity contribution in [1.29, 1.82) is 10.9 Å². The lowest BCUT2D eigenvalue weighted by molar-refractivity contribution is 1.07. The zero-order chi connectivity index (χ0) is 19.5. The quantitative estimate of drug-likeness (QED) is 0.274. The van der Waals surface area contributed by atoms with E-state index in [1.165, 1.54) is 0 Å². The molecule has 6 nitrogen and oxygen atoms in total. The number of nitrogens with one attached hydrogen (secondary N) is 2. The molecule has 0 spiro atoms. The second kappa shape index (κ2) is 7.46. The van der Waals surface area contributed by atoms with Crippen LogP contribution >= 0.6 is 0 Å². The Bertz CT molecular complexity index is 1170. The third-order valence-corrected chi connectivity index (χ3v) is 4.56. The molecule has 0 amide bonds. The fourth-order valence-corrected chi connectivity index (χ4v) is 3.06. The molecule has 0 fully saturated rings. The summed E-state index contributed by atoms with van der Waals surface area (Å²) < 4.78 is 0. The summed E-state index contributed by atoms with van der Waals surface area (Å²) in [6.07, 6.45) is 0. The maximum Gasteiger partial charge on any atom is 0.173 e. The molecule has 4 aromatic rings. The summed E-state index contributed by atoms with van der Waals surface area (Å²) in [5.41, 5.74) is 19.2. The van der Waals surface area contributed by atoms with Gasteiger partial charge >= 0.3 is 0 Å². The Kier molecular flexibility index (Phi) is 4.70. The zero-order valence-electron chi connectivity index (χ0n) is 15.1. The second-order valence-electron chi connectivity index (χ2n) is 6.35. The van der Waals surface area contributed by atoms with Gasteiger partial charge in [0, 0.05) is 23.2 Å². The van der Waals surface area contributed by atoms with Gasteiger partial charge in [0.25, 0.3) is 0 Å². The summed E-state index contributed by atoms with van der Waals surface area (Å²) in [7, 11) is 0. The monoisotopic (exact) mass is 366 g/mol. The standard InChI is InChI=1S/C22H18N6/c23-13-14-6-8-16(9-7-14)21-20(15-4-2-1-3-5-15)26-18-11-10-17(22(24)28-25)12-19(18)27-21/h1-12,24-25H,13,23H2. The summed E-state index contributed by atoms with van der Waals surface area (Å²) in [4.78, 5) is 9.72. The lowest BCUT2D eigenvalue weighted by Gasteiger charge is -2.11. The topological polar surface area (TPSA) is 112 Å². The van der Waals surface area contributed by atoms with E-state index in [1.807, 2.05) is 60.7 Å². The molecular formula is C22H18N6. The molecule has 0 saturated carbocycles. The van der Waals surface area contributed by atoms with Gasteiger partial charge in [0.15, 0.2) is 5.84 Å². The van der Waals surface area contributed by atoms with Gasteiger partial charge in [0.2, 0.25) is 0 Å². The van der Waals surface area contributed by atoms with Crippen molar-refractivity contribution in [3.05, 3.63) is 83.9 Å². The highest BCUT2D eigenvalue weighted by molar-refractivity contribution is 5.99. The number of amidine groups is 1. The van der Waals surface area contributed by atoms with Crippen molar-refractivity contribution >= 4 is 16.9 Å². The van der Waals surface area contributed by atoms with Gasteiger partial charge in [-0.2, -0.15) is 0 Å². The lowest BCUT2D eigenvalue weighted by atomic mass is 10.0. The predicted octanol–water partition coefficient (Wildman–Crippen LogP) is 4.78. The van der Waals surface area contributed by atoms with E-state index in [0.717, 1.165) is 33.6 Å². The fraction of sp³-hybridized carbons (Fsp3) is 0.0455. The molecule has 0 saturated heterocycles. The highest BCUT2D eigenvalue weighted by atomic mass is 15.0. The Morgan fingerprint density at radius 1 is 0.821 bits per heavy atom. The van der Waals surface area contributed by atoms with Crippen molar-refractivity contribution in [3.8, 4) is 22.5 Å². The summed E-state index contributed by atoms with van der Waals surface area (Å²) in [5, 5.41) is 11.0. The Morgan fingerprint density at radius 3 is 2.11 bits per heavy atom. The highest BCUT2D eigenvalue weighted by Gasteiger charge is 2.14. The second-order valence-corrected chi connectivity index (χ2v) is 6.35. The molecule has 4 rings (SSSR count). The van der Waals surface area contributed by atoms with E-state index < -0.39 is 0 Å². The van der Waals surface area contributed by atoms with Gasteiger partial charge in [-0.15, -0.1) is 5.11 Å². The number of hydrogen-bond donors (Lipinski definition) is 3. The molecule has 0 radical (unpaired) electrons. The van der Waals surface area contributed by atoms with E-state index in [4.69, 9.17) is 26.6 Å². The molecule has 0 unspecified atom stereocenters. The van der Waals surface area contributed by atoms with Gasteiger partial charge < -0.3 is 5.73 Å². The number of benzene rings is 3. The van der Waals surface area contributed by atoms with Crippen LogP contribution in [0.15, 0.2) is 77.9 Å². The number of nitrogens with zero attached hydrogens (tertiary/aromatic N) is 3. The van der Waals surface area contributed by atoms with E-state index in [9.17, 15) is 0 Å². The van der Waals surface area contributed by atoms with Crippen LogP contribution in [0.4, 0.5) is 0 Å². The van der Waals surface area contributed by atoms with Crippen LogP contribution in [0.2, 0.25) is 0 Å². The molecule has 1 aromatic heterocycles. The van der Waals surface area contributed by atoms with Crippen molar-refractivity contribution < 1.29 is 0 Å². The van der Waals surface area contributed by atoms with Crippen molar-refractivity contribution in [2.45, 2.75) is 6.54 Å². The molecule has 0 atom stereocenters. The van der Waals surface area contributed by atoms with Gasteiger partial charge in [0.1, 0.15) is 0 Å². The van der Waals surface area contributed by atoms with Crippen LogP contribution in [0.3, 0.4) is 0 Å². The van der Waals surface area contributed by atoms with Crippen LogP contribution in [-0.4, -0.2) is 15.8 Å². The van der Waals surface area contributed by atoms with E-state index in [1.54, 1.807) is 12.1 Å². The van der Waals surface area contributed by atoms with Gasteiger partial charge in [0.05, 0.1) is 22.4 Å².